The first kappa shape index (κ1) is 16.5. The van der Waals surface area contributed by atoms with Crippen molar-refractivity contribution in [3.05, 3.63) is 62.9 Å². The monoisotopic (exact) mass is 343 g/mol. The van der Waals surface area contributed by atoms with Gasteiger partial charge >= 0.3 is 0 Å². The maximum Gasteiger partial charge on any atom is 0.124 e. The zero-order valence-corrected chi connectivity index (χ0v) is 14.6. The molecule has 0 amide bonds. The summed E-state index contributed by atoms with van der Waals surface area (Å²) in [5.41, 5.74) is 4.83. The summed E-state index contributed by atoms with van der Waals surface area (Å²) < 4.78 is 2.05. The first-order valence-electron chi connectivity index (χ1n) is 7.54. The molecule has 0 atom stereocenters. The van der Waals surface area contributed by atoms with Gasteiger partial charge in [-0.1, -0.05) is 12.1 Å². The van der Waals surface area contributed by atoms with Crippen molar-refractivity contribution in [3.63, 3.8) is 0 Å². The number of rotatable bonds is 3. The number of benzene rings is 1. The van der Waals surface area contributed by atoms with E-state index in [1.165, 1.54) is 11.3 Å². The number of hydrogen-bond donors (Lipinski definition) is 0. The van der Waals surface area contributed by atoms with E-state index in [0.717, 1.165) is 27.5 Å². The molecule has 5 nitrogen and oxygen atoms in total. The van der Waals surface area contributed by atoms with Crippen molar-refractivity contribution in [2.24, 2.45) is 0 Å². The zero-order valence-electron chi connectivity index (χ0n) is 13.7. The maximum absolute atomic E-state index is 9.64. The van der Waals surface area contributed by atoms with E-state index in [1.54, 1.807) is 18.3 Å². The largest absolute Gasteiger partial charge is 0.340 e. The molecule has 0 radical (unpaired) electrons. The van der Waals surface area contributed by atoms with Crippen LogP contribution < -0.4 is 0 Å². The Hall–Kier alpha value is -3.40. The Morgan fingerprint density at radius 3 is 2.28 bits per heavy atom. The summed E-state index contributed by atoms with van der Waals surface area (Å²) in [5.74, 6) is 0. The molecule has 0 fully saturated rings. The minimum Gasteiger partial charge on any atom is -0.340 e. The molecule has 2 aromatic heterocycles. The summed E-state index contributed by atoms with van der Waals surface area (Å²) in [6, 6.07) is 13.7. The number of thiazole rings is 1. The van der Waals surface area contributed by atoms with Crippen LogP contribution in [0.3, 0.4) is 0 Å². The smallest absolute Gasteiger partial charge is 0.124 e. The van der Waals surface area contributed by atoms with Crippen LogP contribution in [0.2, 0.25) is 0 Å². The van der Waals surface area contributed by atoms with Crippen molar-refractivity contribution in [3.8, 4) is 29.3 Å². The molecule has 0 N–H and O–H groups in total. The highest BCUT2D eigenvalue weighted by Gasteiger charge is 2.19. The van der Waals surface area contributed by atoms with Crippen molar-refractivity contribution < 1.29 is 0 Å². The second-order valence-electron chi connectivity index (χ2n) is 5.54. The normalized spacial score (nSPS) is 10.0. The Kier molecular flexibility index (Phi) is 4.35. The molecule has 0 aliphatic rings. The third-order valence-electron chi connectivity index (χ3n) is 4.15. The van der Waals surface area contributed by atoms with Gasteiger partial charge in [-0.15, -0.1) is 11.3 Å². The Bertz CT molecular complexity index is 1070. The van der Waals surface area contributed by atoms with E-state index in [2.05, 4.69) is 23.2 Å². The Morgan fingerprint density at radius 1 is 1.00 bits per heavy atom. The predicted molar refractivity (Wildman–Crippen MR) is 94.7 cm³/mol. The van der Waals surface area contributed by atoms with Crippen LogP contribution in [0.25, 0.3) is 11.1 Å². The number of nitriles is 3. The standard InChI is InChI=1S/C19H13N5S/c1-12-17(9-22)19(15-5-3-14(7-20)4-6-15)13(2)24(12)11-18-23-10-16(8-21)25-18/h3-6,10H,11H2,1-2H3. The second-order valence-corrected chi connectivity index (χ2v) is 6.65. The van der Waals surface area contributed by atoms with E-state index < -0.39 is 0 Å². The Morgan fingerprint density at radius 2 is 1.72 bits per heavy atom. The number of aromatic nitrogens is 2. The minimum absolute atomic E-state index is 0.523. The van der Waals surface area contributed by atoms with Crippen molar-refractivity contribution >= 4 is 11.3 Å². The lowest BCUT2D eigenvalue weighted by Crippen LogP contribution is -2.03. The maximum atomic E-state index is 9.64. The summed E-state index contributed by atoms with van der Waals surface area (Å²) in [4.78, 5) is 4.86. The molecule has 0 saturated heterocycles. The first-order chi connectivity index (χ1) is 12.1. The van der Waals surface area contributed by atoms with E-state index in [-0.39, 0.29) is 0 Å². The number of nitrogens with zero attached hydrogens (tertiary/aromatic N) is 5. The lowest BCUT2D eigenvalue weighted by Gasteiger charge is -2.07. The van der Waals surface area contributed by atoms with Gasteiger partial charge in [-0.3, -0.25) is 0 Å². The van der Waals surface area contributed by atoms with Crippen molar-refractivity contribution in [1.82, 2.24) is 9.55 Å². The van der Waals surface area contributed by atoms with Crippen molar-refractivity contribution in [2.45, 2.75) is 20.4 Å². The van der Waals surface area contributed by atoms with E-state index in [9.17, 15) is 5.26 Å². The minimum atomic E-state index is 0.523. The molecule has 0 aliphatic heterocycles. The van der Waals surface area contributed by atoms with Crippen LogP contribution in [0.5, 0.6) is 0 Å². The van der Waals surface area contributed by atoms with Crippen LogP contribution in [-0.2, 0) is 6.54 Å². The van der Waals surface area contributed by atoms with Crippen molar-refractivity contribution in [1.29, 1.82) is 15.8 Å². The highest BCUT2D eigenvalue weighted by atomic mass is 32.1. The van der Waals surface area contributed by atoms with Gasteiger partial charge in [-0.2, -0.15) is 15.8 Å². The highest BCUT2D eigenvalue weighted by Crippen LogP contribution is 2.33. The lowest BCUT2D eigenvalue weighted by atomic mass is 10.0. The summed E-state index contributed by atoms with van der Waals surface area (Å²) in [5, 5.41) is 28.4. The van der Waals surface area contributed by atoms with Crippen LogP contribution in [-0.4, -0.2) is 9.55 Å². The third-order valence-corrected chi connectivity index (χ3v) is 5.04. The number of hydrogen-bond acceptors (Lipinski definition) is 5. The van der Waals surface area contributed by atoms with Crippen LogP contribution in [0, 0.1) is 47.8 Å². The summed E-state index contributed by atoms with van der Waals surface area (Å²) in [6.45, 7) is 4.41. The molecule has 2 heterocycles. The van der Waals surface area contributed by atoms with Crippen LogP contribution in [0.1, 0.15) is 32.4 Å². The van der Waals surface area contributed by atoms with Crippen LogP contribution in [0.4, 0.5) is 0 Å². The molecule has 0 spiro atoms. The van der Waals surface area contributed by atoms with Gasteiger partial charge in [0.25, 0.3) is 0 Å². The molecular weight excluding hydrogens is 330 g/mol. The molecule has 0 aliphatic carbocycles. The van der Waals surface area contributed by atoms with Gasteiger partial charge < -0.3 is 4.57 Å². The summed E-state index contributed by atoms with van der Waals surface area (Å²) in [7, 11) is 0. The fourth-order valence-electron chi connectivity index (χ4n) is 2.89. The average molecular weight is 343 g/mol. The van der Waals surface area contributed by atoms with Gasteiger partial charge in [-0.25, -0.2) is 4.98 Å². The molecule has 3 aromatic rings. The van der Waals surface area contributed by atoms with Gasteiger partial charge in [0.15, 0.2) is 0 Å². The molecule has 6 heteroatoms. The van der Waals surface area contributed by atoms with E-state index in [0.29, 0.717) is 22.5 Å². The molecule has 25 heavy (non-hydrogen) atoms. The SMILES string of the molecule is Cc1c(C#N)c(-c2ccc(C#N)cc2)c(C)n1Cc1ncc(C#N)s1. The lowest BCUT2D eigenvalue weighted by molar-refractivity contribution is 0.744. The second kappa shape index (κ2) is 6.61. The molecule has 120 valence electrons. The van der Waals surface area contributed by atoms with E-state index >= 15 is 0 Å². The quantitative estimate of drug-likeness (QED) is 0.721. The van der Waals surface area contributed by atoms with Gasteiger partial charge in [0.05, 0.1) is 29.9 Å². The molecular formula is C19H13N5S. The third kappa shape index (κ3) is 2.90. The molecule has 0 bridgehead atoms. The molecule has 3 rings (SSSR count). The predicted octanol–water partition coefficient (Wildman–Crippen LogP) is 3.89. The molecule has 0 unspecified atom stereocenters. The fraction of sp³-hybridized carbons (Fsp3) is 0.158. The van der Waals surface area contributed by atoms with Crippen molar-refractivity contribution in [2.75, 3.05) is 0 Å². The molecule has 0 saturated carbocycles. The zero-order chi connectivity index (χ0) is 18.0. The fourth-order valence-corrected chi connectivity index (χ4v) is 3.60. The van der Waals surface area contributed by atoms with Gasteiger partial charge in [0.2, 0.25) is 0 Å². The van der Waals surface area contributed by atoms with Crippen LogP contribution in [0.15, 0.2) is 30.5 Å². The van der Waals surface area contributed by atoms with Gasteiger partial charge in [0, 0.05) is 17.0 Å². The summed E-state index contributed by atoms with van der Waals surface area (Å²) in [6.07, 6.45) is 1.57. The average Bonchev–Trinajstić information content (AvgIpc) is 3.19. The summed E-state index contributed by atoms with van der Waals surface area (Å²) >= 11 is 1.36. The Labute approximate surface area is 149 Å². The van der Waals surface area contributed by atoms with Gasteiger partial charge in [0.1, 0.15) is 22.0 Å². The highest BCUT2D eigenvalue weighted by molar-refractivity contribution is 7.12. The Balaban J connectivity index is 2.09. The van der Waals surface area contributed by atoms with E-state index in [1.807, 2.05) is 30.5 Å². The molecule has 1 aromatic carbocycles. The van der Waals surface area contributed by atoms with Crippen LogP contribution >= 0.6 is 11.3 Å². The van der Waals surface area contributed by atoms with Gasteiger partial charge in [-0.05, 0) is 31.5 Å². The first-order valence-corrected chi connectivity index (χ1v) is 8.35. The van der Waals surface area contributed by atoms with E-state index in [4.69, 9.17) is 10.5 Å². The topological polar surface area (TPSA) is 89.2 Å².